The minimum Gasteiger partial charge on any atom is -0.480 e. The lowest BCUT2D eigenvalue weighted by atomic mass is 10.0. The quantitative estimate of drug-likeness (QED) is 0.185. The summed E-state index contributed by atoms with van der Waals surface area (Å²) in [6.07, 6.45) is 3.98. The molecule has 0 fully saturated rings. The number of aliphatic hydroxyl groups is 1. The van der Waals surface area contributed by atoms with Crippen molar-refractivity contribution >= 4 is 41.5 Å². The van der Waals surface area contributed by atoms with Crippen molar-refractivity contribution in [3.05, 3.63) is 12.2 Å². The summed E-state index contributed by atoms with van der Waals surface area (Å²) in [6.45, 7) is 8.78. The molecule has 1 aliphatic rings. The summed E-state index contributed by atoms with van der Waals surface area (Å²) in [5, 5.41) is 27.1. The molecule has 0 aromatic carbocycles. The molecule has 4 amide bonds. The van der Waals surface area contributed by atoms with E-state index in [2.05, 4.69) is 16.0 Å². The molecule has 4 atom stereocenters. The minimum atomic E-state index is -1.23. The van der Waals surface area contributed by atoms with E-state index in [1.807, 2.05) is 6.26 Å². The Balaban J connectivity index is 2.76. The van der Waals surface area contributed by atoms with E-state index in [1.165, 1.54) is 28.8 Å². The number of nitrogens with one attached hydrogen (secondary N) is 3. The van der Waals surface area contributed by atoms with Crippen molar-refractivity contribution in [2.24, 2.45) is 5.92 Å². The van der Waals surface area contributed by atoms with Crippen LogP contribution in [0.1, 0.15) is 60.3 Å². The van der Waals surface area contributed by atoms with Gasteiger partial charge in [0.05, 0.1) is 0 Å². The number of alkyl carbamates (subject to hydrolysis) is 1. The van der Waals surface area contributed by atoms with Gasteiger partial charge in [0.2, 0.25) is 17.7 Å². The Hall–Kier alpha value is -2.80. The second-order valence-corrected chi connectivity index (χ2v) is 11.4. The summed E-state index contributed by atoms with van der Waals surface area (Å²) in [4.78, 5) is 63.0. The molecule has 1 rings (SSSR count). The number of aliphatic carboxylic acids is 1. The predicted molar refractivity (Wildman–Crippen MR) is 143 cm³/mol. The number of carboxylic acid groups (broad SMARTS) is 1. The molecule has 1 heterocycles. The van der Waals surface area contributed by atoms with Crippen LogP contribution in [-0.2, 0) is 23.9 Å². The first-order valence-corrected chi connectivity index (χ1v) is 14.0. The summed E-state index contributed by atoms with van der Waals surface area (Å²) in [6, 6.07) is -3.19. The molecule has 5 N–H and O–H groups in total. The summed E-state index contributed by atoms with van der Waals surface area (Å²) in [5.74, 6) is -2.57. The molecule has 0 radical (unpaired) electrons. The Kier molecular flexibility index (Phi) is 13.6. The van der Waals surface area contributed by atoms with E-state index in [0.717, 1.165) is 0 Å². The summed E-state index contributed by atoms with van der Waals surface area (Å²) < 4.78 is 5.25. The molecular formula is C25H42N4O8S. The van der Waals surface area contributed by atoms with Crippen molar-refractivity contribution < 1.29 is 38.9 Å². The van der Waals surface area contributed by atoms with Crippen LogP contribution >= 0.6 is 11.8 Å². The van der Waals surface area contributed by atoms with Gasteiger partial charge < -0.3 is 35.8 Å². The zero-order chi connectivity index (χ0) is 29.0. The highest BCUT2D eigenvalue weighted by Gasteiger charge is 2.32. The lowest BCUT2D eigenvalue weighted by Crippen LogP contribution is -2.57. The maximum Gasteiger partial charge on any atom is 0.408 e. The first kappa shape index (κ1) is 33.2. The number of ether oxygens (including phenoxy) is 1. The molecule has 0 bridgehead atoms. The van der Waals surface area contributed by atoms with Crippen LogP contribution in [0, 0.1) is 5.92 Å². The highest BCUT2D eigenvalue weighted by atomic mass is 32.2. The van der Waals surface area contributed by atoms with Gasteiger partial charge in [0.1, 0.15) is 30.0 Å². The van der Waals surface area contributed by atoms with E-state index in [4.69, 9.17) is 4.74 Å². The number of hydrogen-bond acceptors (Lipinski definition) is 8. The third kappa shape index (κ3) is 11.7. The van der Waals surface area contributed by atoms with E-state index in [0.29, 0.717) is 25.0 Å². The third-order valence-corrected chi connectivity index (χ3v) is 6.28. The minimum absolute atomic E-state index is 0.0991. The number of amides is 4. The zero-order valence-electron chi connectivity index (χ0n) is 23.0. The number of carboxylic acids is 1. The maximum atomic E-state index is 13.0. The van der Waals surface area contributed by atoms with Gasteiger partial charge in [-0.05, 0) is 70.5 Å². The number of carbonyl (C=O) groups excluding carboxylic acids is 4. The van der Waals surface area contributed by atoms with Crippen molar-refractivity contribution in [1.82, 2.24) is 20.9 Å². The molecule has 216 valence electrons. The molecule has 1 aliphatic heterocycles. The smallest absolute Gasteiger partial charge is 0.408 e. The molecule has 0 aromatic rings. The molecule has 0 spiro atoms. The van der Waals surface area contributed by atoms with Crippen LogP contribution in [0.4, 0.5) is 4.79 Å². The van der Waals surface area contributed by atoms with Crippen LogP contribution in [0.15, 0.2) is 12.2 Å². The SMILES string of the molecule is CSCCC(NC(=O)OC(C)(C)C)C(=O)NC(C(=O)NC(CCCCN1C(=O)C=CC1O)C(=O)O)C(C)C. The Morgan fingerprint density at radius 3 is 2.21 bits per heavy atom. The Morgan fingerprint density at radius 2 is 1.71 bits per heavy atom. The Bertz CT molecular complexity index is 874. The van der Waals surface area contributed by atoms with E-state index >= 15 is 0 Å². The van der Waals surface area contributed by atoms with Crippen molar-refractivity contribution in [1.29, 1.82) is 0 Å². The molecular weight excluding hydrogens is 516 g/mol. The molecule has 0 saturated carbocycles. The lowest BCUT2D eigenvalue weighted by molar-refractivity contribution is -0.142. The predicted octanol–water partition coefficient (Wildman–Crippen LogP) is 1.23. The number of hydrogen-bond donors (Lipinski definition) is 5. The molecule has 12 nitrogen and oxygen atoms in total. The van der Waals surface area contributed by atoms with Crippen molar-refractivity contribution in [2.45, 2.75) is 90.3 Å². The maximum absolute atomic E-state index is 13.0. The number of thioether (sulfide) groups is 1. The molecule has 0 saturated heterocycles. The van der Waals surface area contributed by atoms with Gasteiger partial charge in [-0.2, -0.15) is 11.8 Å². The van der Waals surface area contributed by atoms with E-state index in [9.17, 15) is 34.2 Å². The topological polar surface area (TPSA) is 174 Å². The summed E-state index contributed by atoms with van der Waals surface area (Å²) >= 11 is 1.49. The molecule has 0 aliphatic carbocycles. The number of carbonyl (C=O) groups is 5. The third-order valence-electron chi connectivity index (χ3n) is 5.63. The number of aliphatic hydroxyl groups excluding tert-OH is 1. The van der Waals surface area contributed by atoms with Gasteiger partial charge in [0, 0.05) is 12.6 Å². The van der Waals surface area contributed by atoms with Crippen molar-refractivity contribution in [2.75, 3.05) is 18.6 Å². The molecule has 38 heavy (non-hydrogen) atoms. The second-order valence-electron chi connectivity index (χ2n) is 10.4. The van der Waals surface area contributed by atoms with Crippen molar-refractivity contribution in [3.8, 4) is 0 Å². The van der Waals surface area contributed by atoms with Gasteiger partial charge in [-0.25, -0.2) is 9.59 Å². The number of rotatable bonds is 15. The van der Waals surface area contributed by atoms with Gasteiger partial charge in [-0.15, -0.1) is 0 Å². The highest BCUT2D eigenvalue weighted by Crippen LogP contribution is 2.13. The van der Waals surface area contributed by atoms with Gasteiger partial charge in [0.25, 0.3) is 0 Å². The first-order chi connectivity index (χ1) is 17.7. The summed E-state index contributed by atoms with van der Waals surface area (Å²) in [7, 11) is 0. The van der Waals surface area contributed by atoms with Gasteiger partial charge in [0.15, 0.2) is 0 Å². The van der Waals surface area contributed by atoms with Crippen LogP contribution in [0.2, 0.25) is 0 Å². The van der Waals surface area contributed by atoms with Crippen LogP contribution < -0.4 is 16.0 Å². The monoisotopic (exact) mass is 558 g/mol. The van der Waals surface area contributed by atoms with E-state index < -0.39 is 53.8 Å². The van der Waals surface area contributed by atoms with Gasteiger partial charge in [-0.3, -0.25) is 14.4 Å². The Labute approximate surface area is 228 Å². The van der Waals surface area contributed by atoms with Gasteiger partial charge in [-0.1, -0.05) is 13.8 Å². The second kappa shape index (κ2) is 15.6. The molecule has 0 aromatic heterocycles. The number of unbranched alkanes of at least 4 members (excludes halogenated alkanes) is 1. The average Bonchev–Trinajstić information content (AvgIpc) is 3.12. The Morgan fingerprint density at radius 1 is 1.05 bits per heavy atom. The van der Waals surface area contributed by atoms with Crippen LogP contribution in [0.5, 0.6) is 0 Å². The van der Waals surface area contributed by atoms with E-state index in [-0.39, 0.29) is 24.8 Å². The largest absolute Gasteiger partial charge is 0.480 e. The fourth-order valence-corrected chi connectivity index (χ4v) is 4.10. The normalized spacial score (nSPS) is 17.6. The van der Waals surface area contributed by atoms with E-state index in [1.54, 1.807) is 34.6 Å². The fraction of sp³-hybridized carbons (Fsp3) is 0.720. The fourth-order valence-electron chi connectivity index (χ4n) is 3.63. The van der Waals surface area contributed by atoms with Crippen LogP contribution in [0.3, 0.4) is 0 Å². The van der Waals surface area contributed by atoms with Crippen molar-refractivity contribution in [3.63, 3.8) is 0 Å². The average molecular weight is 559 g/mol. The lowest BCUT2D eigenvalue weighted by Gasteiger charge is -2.27. The zero-order valence-corrected chi connectivity index (χ0v) is 23.8. The van der Waals surface area contributed by atoms with Crippen LogP contribution in [-0.4, -0.2) is 93.4 Å². The van der Waals surface area contributed by atoms with Crippen LogP contribution in [0.25, 0.3) is 0 Å². The molecule has 4 unspecified atom stereocenters. The standard InChI is InChI=1S/C25H42N4O8S/c1-15(2)20(28-21(32)16(12-14-38-6)27-24(36)37-25(3,4)5)22(33)26-17(23(34)35)9-7-8-13-29-18(30)10-11-19(29)31/h10-11,15-18,20,30H,7-9,12-14H2,1-6H3,(H,26,33)(H,27,36)(H,28,32)(H,34,35). The van der Waals surface area contributed by atoms with Gasteiger partial charge >= 0.3 is 12.1 Å². The summed E-state index contributed by atoms with van der Waals surface area (Å²) in [5.41, 5.74) is -0.752. The first-order valence-electron chi connectivity index (χ1n) is 12.6. The highest BCUT2D eigenvalue weighted by molar-refractivity contribution is 7.98. The number of nitrogens with zero attached hydrogens (tertiary/aromatic N) is 1. The molecule has 13 heteroatoms.